The van der Waals surface area contributed by atoms with Gasteiger partial charge in [0.05, 0.1) is 28.7 Å². The highest BCUT2D eigenvalue weighted by atomic mass is 35.5. The fourth-order valence-electron chi connectivity index (χ4n) is 3.27. The van der Waals surface area contributed by atoms with E-state index in [0.717, 1.165) is 16.8 Å². The summed E-state index contributed by atoms with van der Waals surface area (Å²) in [5.74, 6) is -0.962. The summed E-state index contributed by atoms with van der Waals surface area (Å²) in [6, 6.07) is 11.4. The molecule has 31 heavy (non-hydrogen) atoms. The number of fused-ring (bicyclic) bond motifs is 1. The van der Waals surface area contributed by atoms with E-state index < -0.39 is 11.7 Å². The highest BCUT2D eigenvalue weighted by Crippen LogP contribution is 2.26. The first-order chi connectivity index (χ1) is 15.1. The lowest BCUT2D eigenvalue weighted by Crippen LogP contribution is -2.14. The molecule has 0 aliphatic rings. The molecule has 0 aliphatic carbocycles. The molecular weight excluding hydrogens is 419 g/mol. The largest absolute Gasteiger partial charge is 0.306 e. The number of aromatic amines is 1. The Morgan fingerprint density at radius 2 is 1.87 bits per heavy atom. The minimum atomic E-state index is -0.648. The predicted molar refractivity (Wildman–Crippen MR) is 115 cm³/mol. The molecule has 5 aromatic rings. The molecule has 7 nitrogen and oxygen atoms in total. The summed E-state index contributed by atoms with van der Waals surface area (Å²) in [6.45, 7) is 0. The zero-order chi connectivity index (χ0) is 21.4. The van der Waals surface area contributed by atoms with Crippen molar-refractivity contribution in [3.05, 3.63) is 89.9 Å². The molecule has 0 aliphatic heterocycles. The molecule has 9 heteroatoms. The zero-order valence-electron chi connectivity index (χ0n) is 15.9. The van der Waals surface area contributed by atoms with Crippen molar-refractivity contribution in [2.45, 2.75) is 0 Å². The first-order valence-corrected chi connectivity index (χ1v) is 9.65. The van der Waals surface area contributed by atoms with E-state index >= 15 is 0 Å². The molecule has 1 aromatic carbocycles. The molecule has 0 bridgehead atoms. The first-order valence-electron chi connectivity index (χ1n) is 9.27. The summed E-state index contributed by atoms with van der Waals surface area (Å²) in [5.41, 5.74) is 3.79. The van der Waals surface area contributed by atoms with Crippen molar-refractivity contribution in [3.8, 4) is 22.4 Å². The summed E-state index contributed by atoms with van der Waals surface area (Å²) >= 11 is 5.79. The Morgan fingerprint density at radius 3 is 2.61 bits per heavy atom. The molecule has 0 atom stereocenters. The summed E-state index contributed by atoms with van der Waals surface area (Å²) in [7, 11) is 0. The second-order valence-electron chi connectivity index (χ2n) is 6.79. The van der Waals surface area contributed by atoms with Crippen LogP contribution in [-0.2, 0) is 0 Å². The Kier molecular flexibility index (Phi) is 4.68. The van der Waals surface area contributed by atoms with E-state index in [-0.39, 0.29) is 11.4 Å². The van der Waals surface area contributed by atoms with Gasteiger partial charge in [-0.1, -0.05) is 17.7 Å². The number of nitrogens with one attached hydrogen (secondary N) is 2. The van der Waals surface area contributed by atoms with Gasteiger partial charge >= 0.3 is 0 Å². The SMILES string of the molecule is O=C(Nc1ccc(Cl)cn1)c1ccc(-c2cnc3ccc(-c4cn[nH]c4)cn23)cc1F. The number of carbonyl (C=O) groups is 1. The molecule has 0 saturated carbocycles. The van der Waals surface area contributed by atoms with Crippen molar-refractivity contribution in [2.24, 2.45) is 0 Å². The number of benzene rings is 1. The molecule has 4 aromatic heterocycles. The Balaban J connectivity index is 1.47. The second-order valence-corrected chi connectivity index (χ2v) is 7.22. The van der Waals surface area contributed by atoms with E-state index in [1.807, 2.05) is 22.7 Å². The third kappa shape index (κ3) is 3.64. The maximum absolute atomic E-state index is 14.8. The number of aromatic nitrogens is 5. The predicted octanol–water partition coefficient (Wildman–Crippen LogP) is 4.83. The number of pyridine rings is 2. The van der Waals surface area contributed by atoms with Gasteiger partial charge in [0.25, 0.3) is 5.91 Å². The number of nitrogens with zero attached hydrogens (tertiary/aromatic N) is 4. The van der Waals surface area contributed by atoms with Gasteiger partial charge in [0.1, 0.15) is 17.3 Å². The second kappa shape index (κ2) is 7.66. The van der Waals surface area contributed by atoms with Crippen LogP contribution in [0.15, 0.2) is 73.4 Å². The van der Waals surface area contributed by atoms with Gasteiger partial charge in [-0.25, -0.2) is 14.4 Å². The topological polar surface area (TPSA) is 88.0 Å². The van der Waals surface area contributed by atoms with Gasteiger partial charge in [-0.3, -0.25) is 14.3 Å². The molecule has 152 valence electrons. The molecule has 1 amide bonds. The zero-order valence-corrected chi connectivity index (χ0v) is 16.6. The highest BCUT2D eigenvalue weighted by Gasteiger charge is 2.15. The van der Waals surface area contributed by atoms with Gasteiger partial charge in [0.2, 0.25) is 0 Å². The number of anilines is 1. The Hall–Kier alpha value is -4.04. The maximum atomic E-state index is 14.8. The molecule has 2 N–H and O–H groups in total. The number of hydrogen-bond acceptors (Lipinski definition) is 4. The number of carbonyl (C=O) groups excluding carboxylic acids is 1. The number of amides is 1. The standard InChI is InChI=1S/C22H14ClFN6O/c23-16-3-5-20(25-10-16)29-22(31)17-4-1-13(7-18(17)24)19-11-26-21-6-2-14(12-30(19)21)15-8-27-28-9-15/h1-12H,(H,27,28)(H,25,29,31). The van der Waals surface area contributed by atoms with Gasteiger partial charge in [-0.15, -0.1) is 0 Å². The number of H-pyrrole nitrogens is 1. The molecule has 0 radical (unpaired) electrons. The highest BCUT2D eigenvalue weighted by molar-refractivity contribution is 6.30. The van der Waals surface area contributed by atoms with Gasteiger partial charge in [0.15, 0.2) is 0 Å². The van der Waals surface area contributed by atoms with Crippen LogP contribution in [0.2, 0.25) is 5.02 Å². The fraction of sp³-hybridized carbons (Fsp3) is 0. The quantitative estimate of drug-likeness (QED) is 0.425. The van der Waals surface area contributed by atoms with Crippen LogP contribution in [0, 0.1) is 5.82 Å². The summed E-state index contributed by atoms with van der Waals surface area (Å²) in [4.78, 5) is 20.8. The minimum Gasteiger partial charge on any atom is -0.306 e. The van der Waals surface area contributed by atoms with E-state index in [1.54, 1.807) is 36.8 Å². The smallest absolute Gasteiger partial charge is 0.259 e. The van der Waals surface area contributed by atoms with Gasteiger partial charge in [0, 0.05) is 35.3 Å². The molecule has 0 fully saturated rings. The lowest BCUT2D eigenvalue weighted by atomic mass is 10.1. The molecule has 0 unspecified atom stereocenters. The van der Waals surface area contributed by atoms with Crippen molar-refractivity contribution < 1.29 is 9.18 Å². The van der Waals surface area contributed by atoms with Crippen LogP contribution >= 0.6 is 11.6 Å². The third-order valence-corrected chi connectivity index (χ3v) is 5.04. The van der Waals surface area contributed by atoms with E-state index in [9.17, 15) is 9.18 Å². The van der Waals surface area contributed by atoms with Gasteiger partial charge in [-0.2, -0.15) is 5.10 Å². The lowest BCUT2D eigenvalue weighted by Gasteiger charge is -2.08. The molecule has 0 spiro atoms. The van der Waals surface area contributed by atoms with Crippen LogP contribution in [0.1, 0.15) is 10.4 Å². The summed E-state index contributed by atoms with van der Waals surface area (Å²) in [5, 5.41) is 9.76. The van der Waals surface area contributed by atoms with Crippen LogP contribution in [0.4, 0.5) is 10.2 Å². The number of hydrogen-bond donors (Lipinski definition) is 2. The Labute approximate surface area is 180 Å². The molecule has 0 saturated heterocycles. The van der Waals surface area contributed by atoms with Crippen molar-refractivity contribution >= 4 is 29.0 Å². The average molecular weight is 433 g/mol. The first kappa shape index (κ1) is 19.0. The van der Waals surface area contributed by atoms with Crippen LogP contribution in [0.3, 0.4) is 0 Å². The average Bonchev–Trinajstić information content (AvgIpc) is 3.45. The van der Waals surface area contributed by atoms with Crippen LogP contribution in [-0.4, -0.2) is 30.5 Å². The molecule has 5 rings (SSSR count). The van der Waals surface area contributed by atoms with E-state index in [0.29, 0.717) is 16.3 Å². The fourth-order valence-corrected chi connectivity index (χ4v) is 3.38. The lowest BCUT2D eigenvalue weighted by molar-refractivity contribution is 0.102. The van der Waals surface area contributed by atoms with Crippen molar-refractivity contribution in [1.29, 1.82) is 0 Å². The Bertz CT molecular complexity index is 1400. The normalized spacial score (nSPS) is 11.0. The minimum absolute atomic E-state index is 0.0894. The number of imidazole rings is 1. The maximum Gasteiger partial charge on any atom is 0.259 e. The van der Waals surface area contributed by atoms with Gasteiger partial charge < -0.3 is 5.32 Å². The van der Waals surface area contributed by atoms with Gasteiger partial charge in [-0.05, 0) is 36.4 Å². The summed E-state index contributed by atoms with van der Waals surface area (Å²) in [6.07, 6.45) is 8.49. The van der Waals surface area contributed by atoms with Crippen LogP contribution < -0.4 is 5.32 Å². The molecular formula is C22H14ClFN6O. The van der Waals surface area contributed by atoms with Crippen LogP contribution in [0.25, 0.3) is 28.0 Å². The third-order valence-electron chi connectivity index (χ3n) is 4.82. The van der Waals surface area contributed by atoms with Crippen molar-refractivity contribution in [1.82, 2.24) is 24.6 Å². The Morgan fingerprint density at radius 1 is 1.00 bits per heavy atom. The number of halogens is 2. The van der Waals surface area contributed by atoms with Crippen LogP contribution in [0.5, 0.6) is 0 Å². The summed E-state index contributed by atoms with van der Waals surface area (Å²) < 4.78 is 16.7. The van der Waals surface area contributed by atoms with E-state index in [2.05, 4.69) is 25.5 Å². The van der Waals surface area contributed by atoms with E-state index in [1.165, 1.54) is 18.3 Å². The monoisotopic (exact) mass is 432 g/mol. The number of rotatable bonds is 4. The van der Waals surface area contributed by atoms with Crippen molar-refractivity contribution in [2.75, 3.05) is 5.32 Å². The van der Waals surface area contributed by atoms with E-state index in [4.69, 9.17) is 11.6 Å². The molecule has 4 heterocycles. The van der Waals surface area contributed by atoms with Crippen molar-refractivity contribution in [3.63, 3.8) is 0 Å².